The maximum absolute atomic E-state index is 12.1. The molecule has 1 aromatic heterocycles. The minimum atomic E-state index is -5.22. The maximum Gasteiger partial charge on any atom is 0.447 e. The number of pyridine rings is 1. The summed E-state index contributed by atoms with van der Waals surface area (Å²) in [6.45, 7) is 0. The summed E-state index contributed by atoms with van der Waals surface area (Å²) in [7, 11) is 0. The van der Waals surface area contributed by atoms with Gasteiger partial charge in [-0.3, -0.25) is 0 Å². The fraction of sp³-hybridized carbons (Fsp3) is 0.286. The normalized spacial score (nSPS) is 13.0. The predicted molar refractivity (Wildman–Crippen MR) is 41.4 cm³/mol. The Labute approximate surface area is 81.8 Å². The van der Waals surface area contributed by atoms with Crippen molar-refractivity contribution in [3.05, 3.63) is 29.0 Å². The van der Waals surface area contributed by atoms with Crippen molar-refractivity contribution in [2.24, 2.45) is 0 Å². The van der Waals surface area contributed by atoms with Crippen LogP contribution in [0.15, 0.2) is 18.3 Å². The standard InChI is InChI=1S/C7H5ClF3NO2/c8-5-4(2-1-3-12-5)6(13,14)7(9,10)11/h1-3,13-14H. The Bertz CT molecular complexity index is 340. The van der Waals surface area contributed by atoms with E-state index >= 15 is 0 Å². The summed E-state index contributed by atoms with van der Waals surface area (Å²) in [5.41, 5.74) is -0.894. The SMILES string of the molecule is OC(O)(c1cccnc1Cl)C(F)(F)F. The molecule has 0 unspecified atom stereocenters. The topological polar surface area (TPSA) is 53.4 Å². The molecule has 0 aliphatic rings. The first-order valence-corrected chi connectivity index (χ1v) is 3.77. The lowest BCUT2D eigenvalue weighted by molar-refractivity contribution is -0.358. The number of rotatable bonds is 1. The third-order valence-corrected chi connectivity index (χ3v) is 1.83. The second-order valence-electron chi connectivity index (χ2n) is 2.51. The van der Waals surface area contributed by atoms with Crippen molar-refractivity contribution in [1.29, 1.82) is 0 Å². The van der Waals surface area contributed by atoms with Crippen LogP contribution in [-0.4, -0.2) is 21.4 Å². The van der Waals surface area contributed by atoms with Gasteiger partial charge in [-0.05, 0) is 12.1 Å². The number of alkyl halides is 3. The lowest BCUT2D eigenvalue weighted by atomic mass is 10.1. The average Bonchev–Trinajstić information content (AvgIpc) is 2.02. The van der Waals surface area contributed by atoms with Crippen LogP contribution in [-0.2, 0) is 5.79 Å². The highest BCUT2D eigenvalue weighted by Crippen LogP contribution is 2.38. The highest BCUT2D eigenvalue weighted by molar-refractivity contribution is 6.30. The number of aliphatic hydroxyl groups is 2. The predicted octanol–water partition coefficient (Wildman–Crippen LogP) is 1.43. The molecule has 2 N–H and O–H groups in total. The Morgan fingerprint density at radius 3 is 2.29 bits per heavy atom. The first-order chi connectivity index (χ1) is 6.27. The van der Waals surface area contributed by atoms with Gasteiger partial charge in [-0.1, -0.05) is 11.6 Å². The van der Waals surface area contributed by atoms with Gasteiger partial charge >= 0.3 is 6.18 Å². The van der Waals surface area contributed by atoms with Crippen LogP contribution < -0.4 is 0 Å². The third-order valence-electron chi connectivity index (χ3n) is 1.53. The molecule has 0 spiro atoms. The van der Waals surface area contributed by atoms with Crippen LogP contribution in [0.4, 0.5) is 13.2 Å². The van der Waals surface area contributed by atoms with E-state index in [4.69, 9.17) is 21.8 Å². The van der Waals surface area contributed by atoms with Crippen LogP contribution in [0.1, 0.15) is 5.56 Å². The van der Waals surface area contributed by atoms with Gasteiger partial charge in [0.2, 0.25) is 0 Å². The molecule has 1 rings (SSSR count). The number of aromatic nitrogens is 1. The Balaban J connectivity index is 3.23. The summed E-state index contributed by atoms with van der Waals surface area (Å²) in [5, 5.41) is 17.0. The molecule has 0 fully saturated rings. The molecular weight excluding hydrogens is 223 g/mol. The molecule has 0 radical (unpaired) electrons. The summed E-state index contributed by atoms with van der Waals surface area (Å²) in [4.78, 5) is 3.30. The zero-order chi connectivity index (χ0) is 11.0. The largest absolute Gasteiger partial charge is 0.447 e. The molecule has 0 saturated heterocycles. The quantitative estimate of drug-likeness (QED) is 0.564. The summed E-state index contributed by atoms with van der Waals surface area (Å²) >= 11 is 5.28. The van der Waals surface area contributed by atoms with Gasteiger partial charge in [-0.15, -0.1) is 0 Å². The first kappa shape index (κ1) is 11.2. The maximum atomic E-state index is 12.1. The summed E-state index contributed by atoms with van der Waals surface area (Å²) in [6, 6.07) is 1.96. The van der Waals surface area contributed by atoms with Crippen LogP contribution in [0, 0.1) is 0 Å². The van der Waals surface area contributed by atoms with E-state index in [1.54, 1.807) is 0 Å². The van der Waals surface area contributed by atoms with Crippen molar-refractivity contribution in [3.63, 3.8) is 0 Å². The van der Waals surface area contributed by atoms with Crippen LogP contribution in [0.3, 0.4) is 0 Å². The van der Waals surface area contributed by atoms with Crippen LogP contribution in [0.25, 0.3) is 0 Å². The lowest BCUT2D eigenvalue weighted by Crippen LogP contribution is -2.42. The van der Waals surface area contributed by atoms with E-state index in [0.29, 0.717) is 0 Å². The van der Waals surface area contributed by atoms with E-state index in [1.165, 1.54) is 0 Å². The van der Waals surface area contributed by atoms with Crippen molar-refractivity contribution in [3.8, 4) is 0 Å². The first-order valence-electron chi connectivity index (χ1n) is 3.39. The Morgan fingerprint density at radius 1 is 1.29 bits per heavy atom. The van der Waals surface area contributed by atoms with E-state index in [-0.39, 0.29) is 0 Å². The van der Waals surface area contributed by atoms with Gasteiger partial charge in [0.25, 0.3) is 5.79 Å². The highest BCUT2D eigenvalue weighted by atomic mass is 35.5. The zero-order valence-electron chi connectivity index (χ0n) is 6.59. The molecule has 1 heterocycles. The van der Waals surface area contributed by atoms with Crippen molar-refractivity contribution in [1.82, 2.24) is 4.98 Å². The van der Waals surface area contributed by atoms with E-state index in [2.05, 4.69) is 4.98 Å². The van der Waals surface area contributed by atoms with Gasteiger partial charge in [0.15, 0.2) is 0 Å². The monoisotopic (exact) mass is 227 g/mol. The summed E-state index contributed by atoms with van der Waals surface area (Å²) in [6.07, 6.45) is -4.09. The second kappa shape index (κ2) is 3.38. The van der Waals surface area contributed by atoms with Crippen LogP contribution in [0.2, 0.25) is 5.15 Å². The molecule has 0 atom stereocenters. The van der Waals surface area contributed by atoms with E-state index in [1.807, 2.05) is 0 Å². The molecular formula is C7H5ClF3NO2. The molecule has 0 saturated carbocycles. The van der Waals surface area contributed by atoms with Gasteiger partial charge in [0.05, 0.1) is 5.56 Å². The molecule has 0 aliphatic heterocycles. The van der Waals surface area contributed by atoms with Crippen molar-refractivity contribution < 1.29 is 23.4 Å². The summed E-state index contributed by atoms with van der Waals surface area (Å²) in [5.74, 6) is -3.97. The molecule has 7 heteroatoms. The minimum Gasteiger partial charge on any atom is -0.355 e. The molecule has 0 bridgehead atoms. The van der Waals surface area contributed by atoms with E-state index in [0.717, 1.165) is 18.3 Å². The van der Waals surface area contributed by atoms with Crippen LogP contribution >= 0.6 is 11.6 Å². The molecule has 78 valence electrons. The molecule has 0 aromatic carbocycles. The highest BCUT2D eigenvalue weighted by Gasteiger charge is 2.55. The van der Waals surface area contributed by atoms with Gasteiger partial charge in [0, 0.05) is 6.20 Å². The summed E-state index contributed by atoms with van der Waals surface area (Å²) < 4.78 is 36.3. The lowest BCUT2D eigenvalue weighted by Gasteiger charge is -2.24. The van der Waals surface area contributed by atoms with Gasteiger partial charge in [0.1, 0.15) is 5.15 Å². The van der Waals surface area contributed by atoms with Crippen molar-refractivity contribution >= 4 is 11.6 Å². The molecule has 0 amide bonds. The number of nitrogens with zero attached hydrogens (tertiary/aromatic N) is 1. The fourth-order valence-corrected chi connectivity index (χ4v) is 1.05. The van der Waals surface area contributed by atoms with Gasteiger partial charge < -0.3 is 10.2 Å². The van der Waals surface area contributed by atoms with E-state index < -0.39 is 22.7 Å². The average molecular weight is 228 g/mol. The van der Waals surface area contributed by atoms with Crippen molar-refractivity contribution in [2.45, 2.75) is 12.0 Å². The van der Waals surface area contributed by atoms with Crippen LogP contribution in [0.5, 0.6) is 0 Å². The Kier molecular flexibility index (Phi) is 2.71. The van der Waals surface area contributed by atoms with Gasteiger partial charge in [-0.2, -0.15) is 13.2 Å². The Hall–Kier alpha value is -0.850. The number of halogens is 4. The zero-order valence-corrected chi connectivity index (χ0v) is 7.34. The number of hydrogen-bond donors (Lipinski definition) is 2. The molecule has 14 heavy (non-hydrogen) atoms. The molecule has 0 aliphatic carbocycles. The smallest absolute Gasteiger partial charge is 0.355 e. The molecule has 3 nitrogen and oxygen atoms in total. The second-order valence-corrected chi connectivity index (χ2v) is 2.87. The number of hydrogen-bond acceptors (Lipinski definition) is 3. The fourth-order valence-electron chi connectivity index (χ4n) is 0.799. The van der Waals surface area contributed by atoms with Crippen molar-refractivity contribution in [2.75, 3.05) is 0 Å². The van der Waals surface area contributed by atoms with Gasteiger partial charge in [-0.25, -0.2) is 4.98 Å². The van der Waals surface area contributed by atoms with E-state index in [9.17, 15) is 13.2 Å². The Morgan fingerprint density at radius 2 is 1.86 bits per heavy atom. The minimum absolute atomic E-state index is 0.602. The third kappa shape index (κ3) is 1.82. The molecule has 1 aromatic rings.